The number of nitrogens with one attached hydrogen (secondary N) is 1. The standard InChI is InChI=1S/C16H15ClF3N/c1-10-3-11(2)5-12(4-10)9-21-15-7-13(16(18,19)20)6-14(17)8-15/h3-8,21H,9H2,1-2H3. The zero-order chi connectivity index (χ0) is 15.6. The van der Waals surface area contributed by atoms with Crippen molar-refractivity contribution >= 4 is 17.3 Å². The molecule has 0 atom stereocenters. The second-order valence-electron chi connectivity index (χ2n) is 5.08. The molecule has 0 saturated carbocycles. The Bertz CT molecular complexity index is 630. The molecule has 0 aliphatic heterocycles. The lowest BCUT2D eigenvalue weighted by molar-refractivity contribution is -0.137. The first-order valence-corrected chi connectivity index (χ1v) is 6.81. The van der Waals surface area contributed by atoms with Crippen molar-refractivity contribution < 1.29 is 13.2 Å². The van der Waals surface area contributed by atoms with Gasteiger partial charge in [-0.25, -0.2) is 0 Å². The summed E-state index contributed by atoms with van der Waals surface area (Å²) in [6.45, 7) is 4.41. The first-order valence-electron chi connectivity index (χ1n) is 6.43. The molecule has 1 nitrogen and oxygen atoms in total. The third kappa shape index (κ3) is 4.39. The van der Waals surface area contributed by atoms with Gasteiger partial charge in [-0.05, 0) is 37.6 Å². The molecule has 112 valence electrons. The van der Waals surface area contributed by atoms with E-state index in [1.165, 1.54) is 6.07 Å². The molecular weight excluding hydrogens is 299 g/mol. The van der Waals surface area contributed by atoms with Crippen LogP contribution in [0.5, 0.6) is 0 Å². The first-order chi connectivity index (χ1) is 9.74. The van der Waals surface area contributed by atoms with Crippen LogP contribution in [0.4, 0.5) is 18.9 Å². The van der Waals surface area contributed by atoms with Crippen LogP contribution in [-0.4, -0.2) is 0 Å². The van der Waals surface area contributed by atoms with Crippen molar-refractivity contribution in [3.63, 3.8) is 0 Å². The average molecular weight is 314 g/mol. The molecule has 5 heteroatoms. The number of anilines is 1. The molecule has 2 aromatic rings. The number of hydrogen-bond acceptors (Lipinski definition) is 1. The third-order valence-corrected chi connectivity index (χ3v) is 3.22. The van der Waals surface area contributed by atoms with Crippen molar-refractivity contribution in [2.75, 3.05) is 5.32 Å². The van der Waals surface area contributed by atoms with Gasteiger partial charge in [0.25, 0.3) is 0 Å². The van der Waals surface area contributed by atoms with Crippen LogP contribution in [0.25, 0.3) is 0 Å². The van der Waals surface area contributed by atoms with Crippen LogP contribution in [0, 0.1) is 13.8 Å². The highest BCUT2D eigenvalue weighted by Crippen LogP contribution is 2.33. The van der Waals surface area contributed by atoms with Crippen molar-refractivity contribution in [2.45, 2.75) is 26.6 Å². The van der Waals surface area contributed by atoms with Gasteiger partial charge in [-0.1, -0.05) is 40.9 Å². The molecule has 0 radical (unpaired) electrons. The highest BCUT2D eigenvalue weighted by molar-refractivity contribution is 6.30. The van der Waals surface area contributed by atoms with Gasteiger partial charge in [0, 0.05) is 17.3 Å². The molecule has 0 amide bonds. The molecule has 0 aliphatic rings. The van der Waals surface area contributed by atoms with Gasteiger partial charge in [-0.15, -0.1) is 0 Å². The van der Waals surface area contributed by atoms with Crippen LogP contribution in [0.15, 0.2) is 36.4 Å². The zero-order valence-corrected chi connectivity index (χ0v) is 12.4. The van der Waals surface area contributed by atoms with Gasteiger partial charge in [0.05, 0.1) is 5.56 Å². The molecule has 2 rings (SSSR count). The lowest BCUT2D eigenvalue weighted by atomic mass is 10.1. The van der Waals surface area contributed by atoms with E-state index in [1.54, 1.807) is 0 Å². The first kappa shape index (κ1) is 15.7. The summed E-state index contributed by atoms with van der Waals surface area (Å²) >= 11 is 5.75. The molecule has 0 saturated heterocycles. The minimum absolute atomic E-state index is 0.0627. The second-order valence-corrected chi connectivity index (χ2v) is 5.51. The van der Waals surface area contributed by atoms with E-state index in [1.807, 2.05) is 32.0 Å². The molecule has 0 bridgehead atoms. The Morgan fingerprint density at radius 1 is 0.952 bits per heavy atom. The molecular formula is C16H15ClF3N. The van der Waals surface area contributed by atoms with Gasteiger partial charge >= 0.3 is 6.18 Å². The lowest BCUT2D eigenvalue weighted by Crippen LogP contribution is -2.07. The predicted octanol–water partition coefficient (Wildman–Crippen LogP) is 5.59. The maximum Gasteiger partial charge on any atom is 0.416 e. The van der Waals surface area contributed by atoms with E-state index in [2.05, 4.69) is 5.32 Å². The Labute approximate surface area is 126 Å². The van der Waals surface area contributed by atoms with Crippen LogP contribution in [-0.2, 0) is 12.7 Å². The summed E-state index contributed by atoms with van der Waals surface area (Å²) in [6.07, 6.45) is -4.40. The minimum Gasteiger partial charge on any atom is -0.381 e. The Morgan fingerprint density at radius 2 is 1.57 bits per heavy atom. The Hall–Kier alpha value is -1.68. The Kier molecular flexibility index (Phi) is 4.47. The summed E-state index contributed by atoms with van der Waals surface area (Å²) in [5.74, 6) is 0. The summed E-state index contributed by atoms with van der Waals surface area (Å²) in [5.41, 5.74) is 2.86. The van der Waals surface area contributed by atoms with Crippen molar-refractivity contribution in [2.24, 2.45) is 0 Å². The highest BCUT2D eigenvalue weighted by atomic mass is 35.5. The molecule has 0 unspecified atom stereocenters. The van der Waals surface area contributed by atoms with E-state index in [0.29, 0.717) is 12.2 Å². The minimum atomic E-state index is -4.40. The van der Waals surface area contributed by atoms with Crippen LogP contribution >= 0.6 is 11.6 Å². The lowest BCUT2D eigenvalue weighted by Gasteiger charge is -2.12. The fraction of sp³-hybridized carbons (Fsp3) is 0.250. The van der Waals surface area contributed by atoms with Gasteiger partial charge in [-0.3, -0.25) is 0 Å². The largest absolute Gasteiger partial charge is 0.416 e. The predicted molar refractivity (Wildman–Crippen MR) is 79.7 cm³/mol. The van der Waals surface area contributed by atoms with Crippen LogP contribution in [0.2, 0.25) is 5.02 Å². The van der Waals surface area contributed by atoms with Crippen LogP contribution in [0.1, 0.15) is 22.3 Å². The van der Waals surface area contributed by atoms with E-state index in [0.717, 1.165) is 28.8 Å². The molecule has 0 fully saturated rings. The fourth-order valence-corrected chi connectivity index (χ4v) is 2.47. The molecule has 21 heavy (non-hydrogen) atoms. The van der Waals surface area contributed by atoms with E-state index in [9.17, 15) is 13.2 Å². The summed E-state index contributed by atoms with van der Waals surface area (Å²) in [7, 11) is 0. The van der Waals surface area contributed by atoms with Crippen molar-refractivity contribution in [1.29, 1.82) is 0 Å². The zero-order valence-electron chi connectivity index (χ0n) is 11.7. The van der Waals surface area contributed by atoms with Gasteiger partial charge in [-0.2, -0.15) is 13.2 Å². The third-order valence-electron chi connectivity index (χ3n) is 3.00. The quantitative estimate of drug-likeness (QED) is 0.779. The summed E-state index contributed by atoms with van der Waals surface area (Å²) < 4.78 is 38.2. The monoisotopic (exact) mass is 313 g/mol. The van der Waals surface area contributed by atoms with E-state index in [4.69, 9.17) is 11.6 Å². The Morgan fingerprint density at radius 3 is 2.14 bits per heavy atom. The normalized spacial score (nSPS) is 11.5. The molecule has 1 N–H and O–H groups in total. The van der Waals surface area contributed by atoms with Crippen molar-refractivity contribution in [3.05, 3.63) is 63.7 Å². The van der Waals surface area contributed by atoms with Crippen LogP contribution < -0.4 is 5.32 Å². The highest BCUT2D eigenvalue weighted by Gasteiger charge is 2.31. The Balaban J connectivity index is 2.18. The molecule has 0 aromatic heterocycles. The number of aryl methyl sites for hydroxylation is 2. The number of halogens is 4. The maximum atomic E-state index is 12.7. The number of hydrogen-bond donors (Lipinski definition) is 1. The molecule has 0 heterocycles. The average Bonchev–Trinajstić information content (AvgIpc) is 2.33. The smallest absolute Gasteiger partial charge is 0.381 e. The van der Waals surface area contributed by atoms with Crippen molar-refractivity contribution in [1.82, 2.24) is 0 Å². The van der Waals surface area contributed by atoms with E-state index in [-0.39, 0.29) is 5.02 Å². The summed E-state index contributed by atoms with van der Waals surface area (Å²) in [5, 5.41) is 3.05. The van der Waals surface area contributed by atoms with Gasteiger partial charge in [0.1, 0.15) is 0 Å². The van der Waals surface area contributed by atoms with Gasteiger partial charge < -0.3 is 5.32 Å². The van der Waals surface area contributed by atoms with Gasteiger partial charge in [0.15, 0.2) is 0 Å². The molecule has 0 spiro atoms. The van der Waals surface area contributed by atoms with E-state index >= 15 is 0 Å². The molecule has 2 aromatic carbocycles. The fourth-order valence-electron chi connectivity index (χ4n) is 2.23. The maximum absolute atomic E-state index is 12.7. The SMILES string of the molecule is Cc1cc(C)cc(CNc2cc(Cl)cc(C(F)(F)F)c2)c1. The second kappa shape index (κ2) is 5.98. The number of benzene rings is 2. The topological polar surface area (TPSA) is 12.0 Å². The van der Waals surface area contributed by atoms with E-state index < -0.39 is 11.7 Å². The summed E-state index contributed by atoms with van der Waals surface area (Å²) in [4.78, 5) is 0. The molecule has 0 aliphatic carbocycles. The summed E-state index contributed by atoms with van der Waals surface area (Å²) in [6, 6.07) is 9.51. The number of rotatable bonds is 3. The van der Waals surface area contributed by atoms with Crippen molar-refractivity contribution in [3.8, 4) is 0 Å². The van der Waals surface area contributed by atoms with Gasteiger partial charge in [0.2, 0.25) is 0 Å². The number of alkyl halides is 3. The van der Waals surface area contributed by atoms with Crippen LogP contribution in [0.3, 0.4) is 0 Å².